The normalized spacial score (nSPS) is 25.7. The van der Waals surface area contributed by atoms with Gasteiger partial charge in [-0.1, -0.05) is 0 Å². The lowest BCUT2D eigenvalue weighted by Crippen LogP contribution is -2.29. The fourth-order valence-electron chi connectivity index (χ4n) is 2.40. The van der Waals surface area contributed by atoms with Crippen LogP contribution in [0.25, 0.3) is 0 Å². The van der Waals surface area contributed by atoms with E-state index in [0.29, 0.717) is 12.1 Å². The summed E-state index contributed by atoms with van der Waals surface area (Å²) in [4.78, 5) is 0. The Morgan fingerprint density at radius 3 is 2.56 bits per heavy atom. The predicted octanol–water partition coefficient (Wildman–Crippen LogP) is 2.10. The van der Waals surface area contributed by atoms with Gasteiger partial charge >= 0.3 is 0 Å². The molecule has 90 valence electrons. The second-order valence-electron chi connectivity index (χ2n) is 4.66. The van der Waals surface area contributed by atoms with Crippen molar-refractivity contribution >= 4 is 5.69 Å². The Morgan fingerprint density at radius 2 is 2.06 bits per heavy atom. The number of nitrogens with zero attached hydrogens (tertiary/aromatic N) is 2. The predicted molar refractivity (Wildman–Crippen MR) is 64.6 cm³/mol. The molecule has 0 unspecified atom stereocenters. The number of ether oxygens (including phenoxy) is 1. The molecule has 1 saturated carbocycles. The van der Waals surface area contributed by atoms with Crippen molar-refractivity contribution in [3.8, 4) is 0 Å². The average Bonchev–Trinajstić information content (AvgIpc) is 2.59. The van der Waals surface area contributed by atoms with Crippen LogP contribution in [0.5, 0.6) is 0 Å². The van der Waals surface area contributed by atoms with Gasteiger partial charge in [0, 0.05) is 26.4 Å². The van der Waals surface area contributed by atoms with E-state index in [1.807, 2.05) is 25.8 Å². The first-order valence-electron chi connectivity index (χ1n) is 5.98. The smallest absolute Gasteiger partial charge is 0.0825 e. The van der Waals surface area contributed by atoms with E-state index in [0.717, 1.165) is 18.5 Å². The van der Waals surface area contributed by atoms with Gasteiger partial charge in [-0.15, -0.1) is 0 Å². The highest BCUT2D eigenvalue weighted by Crippen LogP contribution is 2.24. The molecule has 1 N–H and O–H groups in total. The molecule has 1 aliphatic carbocycles. The monoisotopic (exact) mass is 223 g/mol. The number of aromatic nitrogens is 2. The number of methoxy groups -OCH3 is 1. The molecule has 0 saturated heterocycles. The lowest BCUT2D eigenvalue weighted by atomic mass is 9.93. The van der Waals surface area contributed by atoms with E-state index in [4.69, 9.17) is 4.74 Å². The molecule has 1 fully saturated rings. The molecule has 0 atom stereocenters. The Kier molecular flexibility index (Phi) is 3.49. The molecule has 0 radical (unpaired) electrons. The van der Waals surface area contributed by atoms with E-state index in [1.165, 1.54) is 18.5 Å². The number of anilines is 1. The quantitative estimate of drug-likeness (QED) is 0.853. The molecular formula is C12H21N3O. The Bertz CT molecular complexity index is 340. The van der Waals surface area contributed by atoms with Gasteiger partial charge in [-0.25, -0.2) is 0 Å². The molecule has 1 aromatic rings. The second-order valence-corrected chi connectivity index (χ2v) is 4.66. The third-order valence-electron chi connectivity index (χ3n) is 3.38. The van der Waals surface area contributed by atoms with Gasteiger partial charge in [0.05, 0.1) is 17.5 Å². The third kappa shape index (κ3) is 2.55. The molecule has 0 amide bonds. The highest BCUT2D eigenvalue weighted by Gasteiger charge is 2.21. The molecule has 16 heavy (non-hydrogen) atoms. The minimum absolute atomic E-state index is 0.466. The number of hydrogen-bond donors (Lipinski definition) is 1. The zero-order valence-electron chi connectivity index (χ0n) is 10.4. The maximum Gasteiger partial charge on any atom is 0.0825 e. The summed E-state index contributed by atoms with van der Waals surface area (Å²) in [5.74, 6) is 0. The van der Waals surface area contributed by atoms with Gasteiger partial charge in [0.1, 0.15) is 0 Å². The van der Waals surface area contributed by atoms with Crippen LogP contribution < -0.4 is 5.32 Å². The molecule has 2 rings (SSSR count). The largest absolute Gasteiger partial charge is 0.381 e. The number of aryl methyl sites for hydroxylation is 2. The van der Waals surface area contributed by atoms with E-state index in [2.05, 4.69) is 16.6 Å². The average molecular weight is 223 g/mol. The Labute approximate surface area is 97.0 Å². The van der Waals surface area contributed by atoms with E-state index in [1.54, 1.807) is 0 Å². The second kappa shape index (κ2) is 4.87. The molecule has 0 aromatic carbocycles. The van der Waals surface area contributed by atoms with Crippen molar-refractivity contribution in [3.05, 3.63) is 11.9 Å². The van der Waals surface area contributed by atoms with Crippen LogP contribution in [0.2, 0.25) is 0 Å². The minimum Gasteiger partial charge on any atom is -0.381 e. The first kappa shape index (κ1) is 11.5. The van der Waals surface area contributed by atoms with Gasteiger partial charge in [0.2, 0.25) is 0 Å². The van der Waals surface area contributed by atoms with Crippen molar-refractivity contribution in [1.82, 2.24) is 9.78 Å². The number of hydrogen-bond acceptors (Lipinski definition) is 3. The molecule has 1 aromatic heterocycles. The topological polar surface area (TPSA) is 39.1 Å². The van der Waals surface area contributed by atoms with Crippen molar-refractivity contribution in [2.75, 3.05) is 12.4 Å². The Morgan fingerprint density at radius 1 is 1.38 bits per heavy atom. The Balaban J connectivity index is 1.89. The van der Waals surface area contributed by atoms with Gasteiger partial charge in [-0.2, -0.15) is 5.10 Å². The first-order valence-corrected chi connectivity index (χ1v) is 5.98. The van der Waals surface area contributed by atoms with Crippen molar-refractivity contribution in [1.29, 1.82) is 0 Å². The van der Waals surface area contributed by atoms with Crippen LogP contribution in [-0.2, 0) is 11.8 Å². The highest BCUT2D eigenvalue weighted by molar-refractivity contribution is 5.46. The summed E-state index contributed by atoms with van der Waals surface area (Å²) < 4.78 is 7.23. The van der Waals surface area contributed by atoms with Crippen molar-refractivity contribution in [2.24, 2.45) is 7.05 Å². The van der Waals surface area contributed by atoms with Crippen LogP contribution in [0, 0.1) is 6.92 Å². The third-order valence-corrected chi connectivity index (χ3v) is 3.38. The maximum absolute atomic E-state index is 5.37. The van der Waals surface area contributed by atoms with Gasteiger partial charge in [0.15, 0.2) is 0 Å². The lowest BCUT2D eigenvalue weighted by molar-refractivity contribution is 0.0682. The summed E-state index contributed by atoms with van der Waals surface area (Å²) in [5, 5.41) is 7.91. The molecule has 1 heterocycles. The standard InChI is InChI=1S/C12H21N3O/c1-9-12(8-15(2)14-9)13-10-4-6-11(16-3)7-5-10/h8,10-11,13H,4-7H2,1-3H3. The number of rotatable bonds is 3. The van der Waals surface area contributed by atoms with Crippen molar-refractivity contribution in [2.45, 2.75) is 44.8 Å². The summed E-state index contributed by atoms with van der Waals surface area (Å²) in [6.07, 6.45) is 7.21. The minimum atomic E-state index is 0.466. The maximum atomic E-state index is 5.37. The lowest BCUT2D eigenvalue weighted by Gasteiger charge is -2.28. The van der Waals surface area contributed by atoms with E-state index >= 15 is 0 Å². The fraction of sp³-hybridized carbons (Fsp3) is 0.750. The molecule has 0 spiro atoms. The van der Waals surface area contributed by atoms with Crippen LogP contribution in [0.1, 0.15) is 31.4 Å². The molecule has 4 heteroatoms. The first-order chi connectivity index (χ1) is 7.69. The molecule has 1 aliphatic rings. The Hall–Kier alpha value is -1.03. The van der Waals surface area contributed by atoms with Crippen LogP contribution in [0.4, 0.5) is 5.69 Å². The van der Waals surface area contributed by atoms with Gasteiger partial charge in [-0.3, -0.25) is 4.68 Å². The summed E-state index contributed by atoms with van der Waals surface area (Å²) >= 11 is 0. The zero-order valence-corrected chi connectivity index (χ0v) is 10.4. The van der Waals surface area contributed by atoms with Crippen LogP contribution >= 0.6 is 0 Å². The van der Waals surface area contributed by atoms with E-state index in [-0.39, 0.29) is 0 Å². The zero-order chi connectivity index (χ0) is 11.5. The summed E-state index contributed by atoms with van der Waals surface area (Å²) in [6, 6.07) is 0.578. The van der Waals surface area contributed by atoms with Crippen LogP contribution in [-0.4, -0.2) is 29.0 Å². The number of nitrogens with one attached hydrogen (secondary N) is 1. The fourth-order valence-corrected chi connectivity index (χ4v) is 2.40. The van der Waals surface area contributed by atoms with Crippen molar-refractivity contribution in [3.63, 3.8) is 0 Å². The van der Waals surface area contributed by atoms with Gasteiger partial charge in [0.25, 0.3) is 0 Å². The van der Waals surface area contributed by atoms with E-state index in [9.17, 15) is 0 Å². The van der Waals surface area contributed by atoms with Crippen LogP contribution in [0.15, 0.2) is 6.20 Å². The van der Waals surface area contributed by atoms with E-state index < -0.39 is 0 Å². The van der Waals surface area contributed by atoms with Crippen LogP contribution in [0.3, 0.4) is 0 Å². The molecular weight excluding hydrogens is 202 g/mol. The molecule has 0 aliphatic heterocycles. The molecule has 4 nitrogen and oxygen atoms in total. The van der Waals surface area contributed by atoms with Gasteiger partial charge < -0.3 is 10.1 Å². The summed E-state index contributed by atoms with van der Waals surface area (Å²) in [5.41, 5.74) is 2.25. The SMILES string of the molecule is COC1CCC(Nc2cn(C)nc2C)CC1. The summed E-state index contributed by atoms with van der Waals surface area (Å²) in [6.45, 7) is 2.04. The van der Waals surface area contributed by atoms with Gasteiger partial charge in [-0.05, 0) is 32.6 Å². The summed E-state index contributed by atoms with van der Waals surface area (Å²) in [7, 11) is 3.77. The molecule has 0 bridgehead atoms. The highest BCUT2D eigenvalue weighted by atomic mass is 16.5. The van der Waals surface area contributed by atoms with Crippen molar-refractivity contribution < 1.29 is 4.74 Å².